The molecule has 0 aromatic heterocycles. The topological polar surface area (TPSA) is 100 Å². The first kappa shape index (κ1) is 24.3. The lowest BCUT2D eigenvalue weighted by Crippen LogP contribution is -2.20. The van der Waals surface area contributed by atoms with Gasteiger partial charge in [-0.3, -0.25) is 9.59 Å². The molecule has 0 aliphatic heterocycles. The molecular weight excluding hydrogens is 461 g/mol. The van der Waals surface area contributed by atoms with Crippen molar-refractivity contribution in [1.29, 1.82) is 5.26 Å². The zero-order valence-corrected chi connectivity index (χ0v) is 18.7. The lowest BCUT2D eigenvalue weighted by molar-refractivity contribution is -0.118. The first-order chi connectivity index (χ1) is 16.4. The highest BCUT2D eigenvalue weighted by Gasteiger charge is 2.14. The summed E-state index contributed by atoms with van der Waals surface area (Å²) in [5.74, 6) is -1.23. The van der Waals surface area contributed by atoms with Gasteiger partial charge in [0.25, 0.3) is 11.8 Å². The molecule has 0 unspecified atom stereocenters. The summed E-state index contributed by atoms with van der Waals surface area (Å²) in [6.07, 6.45) is 1.33. The van der Waals surface area contributed by atoms with Crippen molar-refractivity contribution in [3.8, 4) is 17.6 Å². The van der Waals surface area contributed by atoms with Gasteiger partial charge < -0.3 is 20.1 Å². The predicted molar refractivity (Wildman–Crippen MR) is 127 cm³/mol. The fourth-order valence-corrected chi connectivity index (χ4v) is 3.04. The number of anilines is 2. The van der Waals surface area contributed by atoms with Gasteiger partial charge in [-0.2, -0.15) is 5.26 Å². The van der Waals surface area contributed by atoms with Crippen LogP contribution in [-0.4, -0.2) is 25.5 Å². The minimum atomic E-state index is -0.761. The maximum Gasteiger partial charge on any atom is 0.266 e. The normalized spacial score (nSPS) is 10.7. The standard InChI is InChI=1S/C25H19ClFN3O4/c1-33-23-13-16(12-17(14-28)25(32)30-21-9-5-3-7-19(21)27)10-11-22(23)34-15-24(31)29-20-8-4-2-6-18(20)26/h2-13H,15H2,1H3,(H,29,31)(H,30,32)/b17-12+. The molecule has 0 atom stereocenters. The van der Waals surface area contributed by atoms with Gasteiger partial charge in [0.15, 0.2) is 18.1 Å². The van der Waals surface area contributed by atoms with Crippen LogP contribution in [0.25, 0.3) is 6.08 Å². The number of carbonyl (C=O) groups excluding carboxylic acids is 2. The second kappa shape index (κ2) is 11.5. The van der Waals surface area contributed by atoms with Gasteiger partial charge in [-0.25, -0.2) is 4.39 Å². The quantitative estimate of drug-likeness (QED) is 0.348. The number of rotatable bonds is 8. The average Bonchev–Trinajstić information content (AvgIpc) is 2.84. The molecule has 0 aliphatic carbocycles. The smallest absolute Gasteiger partial charge is 0.266 e. The Morgan fingerprint density at radius 2 is 1.74 bits per heavy atom. The highest BCUT2D eigenvalue weighted by molar-refractivity contribution is 6.33. The minimum absolute atomic E-state index is 0.0370. The number of hydrogen-bond donors (Lipinski definition) is 2. The third-order valence-electron chi connectivity index (χ3n) is 4.49. The van der Waals surface area contributed by atoms with Crippen LogP contribution in [0.1, 0.15) is 5.56 Å². The van der Waals surface area contributed by atoms with E-state index in [4.69, 9.17) is 21.1 Å². The molecule has 34 heavy (non-hydrogen) atoms. The van der Waals surface area contributed by atoms with E-state index in [1.165, 1.54) is 43.5 Å². The number of methoxy groups -OCH3 is 1. The molecule has 0 aliphatic rings. The highest BCUT2D eigenvalue weighted by Crippen LogP contribution is 2.29. The molecule has 0 spiro atoms. The molecular formula is C25H19ClFN3O4. The molecule has 0 saturated carbocycles. The lowest BCUT2D eigenvalue weighted by Gasteiger charge is -2.12. The number of carbonyl (C=O) groups is 2. The van der Waals surface area contributed by atoms with Crippen LogP contribution >= 0.6 is 11.6 Å². The van der Waals surface area contributed by atoms with E-state index in [2.05, 4.69) is 10.6 Å². The molecule has 2 N–H and O–H groups in total. The van der Waals surface area contributed by atoms with Crippen LogP contribution in [-0.2, 0) is 9.59 Å². The van der Waals surface area contributed by atoms with Crippen molar-refractivity contribution in [3.05, 3.63) is 88.7 Å². The number of nitriles is 1. The van der Waals surface area contributed by atoms with E-state index in [1.807, 2.05) is 0 Å². The van der Waals surface area contributed by atoms with E-state index in [0.29, 0.717) is 16.3 Å². The van der Waals surface area contributed by atoms with E-state index in [0.717, 1.165) is 0 Å². The Labute approximate surface area is 200 Å². The average molecular weight is 480 g/mol. The van der Waals surface area contributed by atoms with E-state index < -0.39 is 17.6 Å². The van der Waals surface area contributed by atoms with Crippen molar-refractivity contribution in [2.24, 2.45) is 0 Å². The van der Waals surface area contributed by atoms with E-state index in [-0.39, 0.29) is 29.4 Å². The SMILES string of the molecule is COc1cc(/C=C(\C#N)C(=O)Nc2ccccc2F)ccc1OCC(=O)Nc1ccccc1Cl. The summed E-state index contributed by atoms with van der Waals surface area (Å²) in [4.78, 5) is 24.6. The summed E-state index contributed by atoms with van der Waals surface area (Å²) >= 11 is 6.03. The molecule has 3 aromatic rings. The summed E-state index contributed by atoms with van der Waals surface area (Å²) in [5, 5.41) is 14.8. The molecule has 0 bridgehead atoms. The zero-order valence-electron chi connectivity index (χ0n) is 18.0. The van der Waals surface area contributed by atoms with Crippen LogP contribution in [0.5, 0.6) is 11.5 Å². The number of amides is 2. The largest absolute Gasteiger partial charge is 0.493 e. The van der Waals surface area contributed by atoms with Crippen LogP contribution in [0, 0.1) is 17.1 Å². The number of benzene rings is 3. The maximum atomic E-state index is 13.8. The van der Waals surface area contributed by atoms with Crippen LogP contribution in [0.3, 0.4) is 0 Å². The van der Waals surface area contributed by atoms with Gasteiger partial charge in [0.1, 0.15) is 17.5 Å². The van der Waals surface area contributed by atoms with Gasteiger partial charge in [0.2, 0.25) is 0 Å². The molecule has 0 radical (unpaired) electrons. The summed E-state index contributed by atoms with van der Waals surface area (Å²) in [5.41, 5.74) is 0.649. The van der Waals surface area contributed by atoms with Crippen molar-refractivity contribution in [3.63, 3.8) is 0 Å². The van der Waals surface area contributed by atoms with E-state index in [9.17, 15) is 19.2 Å². The summed E-state index contributed by atoms with van der Waals surface area (Å²) < 4.78 is 24.6. The number of nitrogens with one attached hydrogen (secondary N) is 2. The van der Waals surface area contributed by atoms with Gasteiger partial charge in [-0.15, -0.1) is 0 Å². The van der Waals surface area contributed by atoms with Crippen molar-refractivity contribution in [2.75, 3.05) is 24.4 Å². The molecule has 2 amide bonds. The lowest BCUT2D eigenvalue weighted by atomic mass is 10.1. The van der Waals surface area contributed by atoms with Gasteiger partial charge in [-0.1, -0.05) is 41.9 Å². The van der Waals surface area contributed by atoms with Gasteiger partial charge in [-0.05, 0) is 48.0 Å². The number of para-hydroxylation sites is 2. The number of halogens is 2. The third kappa shape index (κ3) is 6.34. The molecule has 7 nitrogen and oxygen atoms in total. The van der Waals surface area contributed by atoms with Crippen LogP contribution < -0.4 is 20.1 Å². The predicted octanol–water partition coefficient (Wildman–Crippen LogP) is 5.05. The first-order valence-electron chi connectivity index (χ1n) is 9.94. The van der Waals surface area contributed by atoms with Crippen molar-refractivity contribution >= 4 is 40.9 Å². The Morgan fingerprint density at radius 3 is 2.41 bits per heavy atom. The van der Waals surface area contributed by atoms with Gasteiger partial charge in [0.05, 0.1) is 23.5 Å². The van der Waals surface area contributed by atoms with Crippen molar-refractivity contribution in [1.82, 2.24) is 0 Å². The van der Waals surface area contributed by atoms with Crippen LogP contribution in [0.4, 0.5) is 15.8 Å². The van der Waals surface area contributed by atoms with Gasteiger partial charge in [0, 0.05) is 0 Å². The van der Waals surface area contributed by atoms with Crippen LogP contribution in [0.2, 0.25) is 5.02 Å². The monoisotopic (exact) mass is 479 g/mol. The first-order valence-corrected chi connectivity index (χ1v) is 10.3. The molecule has 0 saturated heterocycles. The second-order valence-electron chi connectivity index (χ2n) is 6.83. The highest BCUT2D eigenvalue weighted by atomic mass is 35.5. The minimum Gasteiger partial charge on any atom is -0.493 e. The van der Waals surface area contributed by atoms with Crippen molar-refractivity contribution in [2.45, 2.75) is 0 Å². The Balaban J connectivity index is 1.69. The number of nitrogens with zero attached hydrogens (tertiary/aromatic N) is 1. The molecule has 0 fully saturated rings. The third-order valence-corrected chi connectivity index (χ3v) is 4.82. The molecule has 3 rings (SSSR count). The molecule has 0 heterocycles. The summed E-state index contributed by atoms with van der Waals surface area (Å²) in [6, 6.07) is 18.9. The van der Waals surface area contributed by atoms with E-state index >= 15 is 0 Å². The van der Waals surface area contributed by atoms with Crippen molar-refractivity contribution < 1.29 is 23.5 Å². The maximum absolute atomic E-state index is 13.8. The Hall–Kier alpha value is -4.35. The Bertz CT molecular complexity index is 1290. The fourth-order valence-electron chi connectivity index (χ4n) is 2.85. The molecule has 172 valence electrons. The number of ether oxygens (including phenoxy) is 2. The van der Waals surface area contributed by atoms with E-state index in [1.54, 1.807) is 42.5 Å². The Morgan fingerprint density at radius 1 is 1.03 bits per heavy atom. The fraction of sp³-hybridized carbons (Fsp3) is 0.0800. The molecule has 3 aromatic carbocycles. The zero-order chi connectivity index (χ0) is 24.5. The van der Waals surface area contributed by atoms with Crippen LogP contribution in [0.15, 0.2) is 72.3 Å². The summed E-state index contributed by atoms with van der Waals surface area (Å²) in [7, 11) is 1.41. The summed E-state index contributed by atoms with van der Waals surface area (Å²) in [6.45, 7) is -0.300. The van der Waals surface area contributed by atoms with Gasteiger partial charge >= 0.3 is 0 Å². The second-order valence-corrected chi connectivity index (χ2v) is 7.24. The number of hydrogen-bond acceptors (Lipinski definition) is 5. The Kier molecular flexibility index (Phi) is 8.21. The molecule has 9 heteroatoms.